The number of amides is 2. The molecule has 2 N–H and O–H groups in total. The number of nitrogens with one attached hydrogen (secondary N) is 2. The van der Waals surface area contributed by atoms with Crippen molar-refractivity contribution < 1.29 is 18.0 Å². The minimum atomic E-state index is -4.52. The normalized spacial score (nSPS) is 11.2. The predicted octanol–water partition coefficient (Wildman–Crippen LogP) is 5.02. The Morgan fingerprint density at radius 2 is 1.67 bits per heavy atom. The van der Waals surface area contributed by atoms with Gasteiger partial charge in [-0.2, -0.15) is 13.2 Å². The van der Waals surface area contributed by atoms with Gasteiger partial charge in [0.2, 0.25) is 0 Å². The van der Waals surface area contributed by atoms with Crippen molar-refractivity contribution in [2.24, 2.45) is 0 Å². The molecule has 0 fully saturated rings. The van der Waals surface area contributed by atoms with Gasteiger partial charge in [0, 0.05) is 24.6 Å². The highest BCUT2D eigenvalue weighted by molar-refractivity contribution is 5.89. The van der Waals surface area contributed by atoms with Crippen molar-refractivity contribution in [1.82, 2.24) is 15.3 Å². The summed E-state index contributed by atoms with van der Waals surface area (Å²) in [6.45, 7) is 3.71. The van der Waals surface area contributed by atoms with Gasteiger partial charge < -0.3 is 10.6 Å². The highest BCUT2D eigenvalue weighted by atomic mass is 19.4. The Kier molecular flexibility index (Phi) is 6.34. The number of urea groups is 1. The summed E-state index contributed by atoms with van der Waals surface area (Å²) in [6.07, 6.45) is -1.22. The fourth-order valence-corrected chi connectivity index (χ4v) is 2.89. The van der Waals surface area contributed by atoms with Crippen molar-refractivity contribution in [3.8, 4) is 0 Å². The third-order valence-electron chi connectivity index (χ3n) is 4.51. The molecule has 156 valence electrons. The van der Waals surface area contributed by atoms with Gasteiger partial charge in [0.1, 0.15) is 0 Å². The highest BCUT2D eigenvalue weighted by Gasteiger charge is 2.31. The minimum absolute atomic E-state index is 0.0188. The number of aryl methyl sites for hydroxylation is 2. The molecule has 8 heteroatoms. The number of anilines is 1. The second-order valence-electron chi connectivity index (χ2n) is 6.96. The number of halogens is 3. The van der Waals surface area contributed by atoms with Gasteiger partial charge in [0.25, 0.3) is 0 Å². The van der Waals surface area contributed by atoms with Crippen LogP contribution in [0.2, 0.25) is 0 Å². The van der Waals surface area contributed by atoms with Gasteiger partial charge in [-0.15, -0.1) is 0 Å². The van der Waals surface area contributed by atoms with Crippen LogP contribution in [-0.2, 0) is 19.1 Å². The zero-order chi connectivity index (χ0) is 21.7. The van der Waals surface area contributed by atoms with Crippen LogP contribution in [0.25, 0.3) is 0 Å². The minimum Gasteiger partial charge on any atom is -0.334 e. The van der Waals surface area contributed by atoms with E-state index in [-0.39, 0.29) is 12.2 Å². The first kappa shape index (κ1) is 21.3. The van der Waals surface area contributed by atoms with Crippen LogP contribution in [0.15, 0.2) is 54.9 Å². The van der Waals surface area contributed by atoms with Gasteiger partial charge in [-0.25, -0.2) is 4.79 Å². The zero-order valence-electron chi connectivity index (χ0n) is 16.5. The molecule has 3 aromatic rings. The first-order chi connectivity index (χ1) is 14.2. The lowest BCUT2D eigenvalue weighted by Crippen LogP contribution is -2.28. The van der Waals surface area contributed by atoms with Gasteiger partial charge in [0.05, 0.1) is 16.9 Å². The second-order valence-corrected chi connectivity index (χ2v) is 6.96. The average Bonchev–Trinajstić information content (AvgIpc) is 2.68. The standard InChI is InChI=1S/C22H21F3N4O/c1-14-9-18(7-8-26-14)10-16-3-5-17(6-4-16)12-28-21(30)29-20-11-19(22(23,24)25)13-27-15(20)2/h3-9,11,13H,10,12H2,1-2H3,(H2,28,29,30). The molecule has 3 rings (SSSR count). The molecule has 0 unspecified atom stereocenters. The molecule has 0 atom stereocenters. The monoisotopic (exact) mass is 414 g/mol. The summed E-state index contributed by atoms with van der Waals surface area (Å²) < 4.78 is 38.5. The number of benzene rings is 1. The molecular weight excluding hydrogens is 393 g/mol. The molecule has 0 spiro atoms. The summed E-state index contributed by atoms with van der Waals surface area (Å²) >= 11 is 0. The Hall–Kier alpha value is -3.42. The number of hydrogen-bond acceptors (Lipinski definition) is 3. The SMILES string of the molecule is Cc1cc(Cc2ccc(CNC(=O)Nc3cc(C(F)(F)F)cnc3C)cc2)ccn1. The number of carbonyl (C=O) groups excluding carboxylic acids is 1. The van der Waals surface area contributed by atoms with Crippen molar-refractivity contribution in [3.05, 3.63) is 88.5 Å². The maximum absolute atomic E-state index is 12.8. The number of nitrogens with zero attached hydrogens (tertiary/aromatic N) is 2. The summed E-state index contributed by atoms with van der Waals surface area (Å²) in [5, 5.41) is 5.07. The molecule has 0 saturated carbocycles. The third kappa shape index (κ3) is 5.79. The number of hydrogen-bond donors (Lipinski definition) is 2. The Morgan fingerprint density at radius 3 is 2.33 bits per heavy atom. The summed E-state index contributed by atoms with van der Waals surface area (Å²) in [7, 11) is 0. The number of alkyl halides is 3. The van der Waals surface area contributed by atoms with E-state index < -0.39 is 17.8 Å². The number of pyridine rings is 2. The number of aromatic nitrogens is 2. The Balaban J connectivity index is 1.56. The van der Waals surface area contributed by atoms with Crippen LogP contribution in [0.1, 0.15) is 33.6 Å². The van der Waals surface area contributed by atoms with Crippen LogP contribution in [-0.4, -0.2) is 16.0 Å². The molecular formula is C22H21F3N4O. The van der Waals surface area contributed by atoms with E-state index in [1.807, 2.05) is 43.3 Å². The first-order valence-corrected chi connectivity index (χ1v) is 9.29. The van der Waals surface area contributed by atoms with E-state index in [4.69, 9.17) is 0 Å². The topological polar surface area (TPSA) is 66.9 Å². The van der Waals surface area contributed by atoms with Gasteiger partial charge in [-0.05, 0) is 55.2 Å². The molecule has 0 radical (unpaired) electrons. The molecule has 0 aliphatic rings. The fourth-order valence-electron chi connectivity index (χ4n) is 2.89. The fraction of sp³-hybridized carbons (Fsp3) is 0.227. The lowest BCUT2D eigenvalue weighted by Gasteiger charge is -2.12. The second kappa shape index (κ2) is 8.94. The van der Waals surface area contributed by atoms with Crippen LogP contribution < -0.4 is 10.6 Å². The average molecular weight is 414 g/mol. The zero-order valence-corrected chi connectivity index (χ0v) is 16.5. The van der Waals surface area contributed by atoms with Gasteiger partial charge in [-0.1, -0.05) is 24.3 Å². The van der Waals surface area contributed by atoms with Crippen molar-refractivity contribution in [3.63, 3.8) is 0 Å². The van der Waals surface area contributed by atoms with Crippen LogP contribution in [0, 0.1) is 13.8 Å². The third-order valence-corrected chi connectivity index (χ3v) is 4.51. The van der Waals surface area contributed by atoms with E-state index in [0.717, 1.165) is 41.1 Å². The van der Waals surface area contributed by atoms with Gasteiger partial charge >= 0.3 is 12.2 Å². The number of carbonyl (C=O) groups is 1. The van der Waals surface area contributed by atoms with E-state index in [1.165, 1.54) is 6.92 Å². The van der Waals surface area contributed by atoms with Crippen LogP contribution >= 0.6 is 0 Å². The van der Waals surface area contributed by atoms with Crippen LogP contribution in [0.3, 0.4) is 0 Å². The molecule has 2 aromatic heterocycles. The van der Waals surface area contributed by atoms with E-state index >= 15 is 0 Å². The molecule has 1 aromatic carbocycles. The van der Waals surface area contributed by atoms with Crippen molar-refractivity contribution >= 4 is 11.7 Å². The first-order valence-electron chi connectivity index (χ1n) is 9.29. The number of rotatable bonds is 5. The molecule has 2 amide bonds. The molecule has 0 bridgehead atoms. The van der Waals surface area contributed by atoms with Crippen molar-refractivity contribution in [1.29, 1.82) is 0 Å². The molecule has 0 aliphatic carbocycles. The summed E-state index contributed by atoms with van der Waals surface area (Å²) in [6, 6.07) is 12.0. The molecule has 5 nitrogen and oxygen atoms in total. The summed E-state index contributed by atoms with van der Waals surface area (Å²) in [4.78, 5) is 20.0. The molecule has 0 saturated heterocycles. The lowest BCUT2D eigenvalue weighted by molar-refractivity contribution is -0.137. The van der Waals surface area contributed by atoms with Gasteiger partial charge in [-0.3, -0.25) is 9.97 Å². The van der Waals surface area contributed by atoms with E-state index in [1.54, 1.807) is 6.20 Å². The predicted molar refractivity (Wildman–Crippen MR) is 108 cm³/mol. The quantitative estimate of drug-likeness (QED) is 0.616. The summed E-state index contributed by atoms with van der Waals surface area (Å²) in [5.74, 6) is 0. The Bertz CT molecular complexity index is 1030. The van der Waals surface area contributed by atoms with Crippen LogP contribution in [0.4, 0.5) is 23.7 Å². The Morgan fingerprint density at radius 1 is 0.967 bits per heavy atom. The van der Waals surface area contributed by atoms with Crippen LogP contribution in [0.5, 0.6) is 0 Å². The Labute approximate surface area is 172 Å². The van der Waals surface area contributed by atoms with E-state index in [0.29, 0.717) is 5.69 Å². The lowest BCUT2D eigenvalue weighted by atomic mass is 10.0. The highest BCUT2D eigenvalue weighted by Crippen LogP contribution is 2.31. The van der Waals surface area contributed by atoms with E-state index in [2.05, 4.69) is 20.6 Å². The summed E-state index contributed by atoms with van der Waals surface area (Å²) in [5.41, 5.74) is 3.53. The largest absolute Gasteiger partial charge is 0.417 e. The van der Waals surface area contributed by atoms with Crippen molar-refractivity contribution in [2.75, 3.05) is 5.32 Å². The van der Waals surface area contributed by atoms with Gasteiger partial charge in [0.15, 0.2) is 0 Å². The maximum Gasteiger partial charge on any atom is 0.417 e. The molecule has 0 aliphatic heterocycles. The molecule has 2 heterocycles. The van der Waals surface area contributed by atoms with E-state index in [9.17, 15) is 18.0 Å². The smallest absolute Gasteiger partial charge is 0.334 e. The van der Waals surface area contributed by atoms with Crippen molar-refractivity contribution in [2.45, 2.75) is 33.0 Å². The maximum atomic E-state index is 12.8. The molecule has 30 heavy (non-hydrogen) atoms.